The van der Waals surface area contributed by atoms with E-state index in [1.807, 2.05) is 26.8 Å². The Morgan fingerprint density at radius 1 is 0.884 bits per heavy atom. The maximum absolute atomic E-state index is 12.4. The van der Waals surface area contributed by atoms with Crippen LogP contribution >= 0.6 is 0 Å². The number of carbonyl (C=O) groups is 4. The van der Waals surface area contributed by atoms with Crippen molar-refractivity contribution >= 4 is 41.6 Å². The third kappa shape index (κ3) is 6.28. The van der Waals surface area contributed by atoms with Gasteiger partial charge in [0.05, 0.1) is 17.4 Å². The Labute approximate surface area is 250 Å². The molecule has 43 heavy (non-hydrogen) atoms. The van der Waals surface area contributed by atoms with Crippen molar-refractivity contribution in [2.75, 3.05) is 0 Å². The zero-order valence-electron chi connectivity index (χ0n) is 24.8. The van der Waals surface area contributed by atoms with Gasteiger partial charge in [-0.05, 0) is 80.5 Å². The van der Waals surface area contributed by atoms with E-state index in [1.54, 1.807) is 25.2 Å². The monoisotopic (exact) mass is 584 g/mol. The first-order chi connectivity index (χ1) is 20.4. The summed E-state index contributed by atoms with van der Waals surface area (Å²) < 4.78 is 0. The van der Waals surface area contributed by atoms with Gasteiger partial charge in [0, 0.05) is 53.1 Å². The van der Waals surface area contributed by atoms with Gasteiger partial charge < -0.3 is 25.8 Å². The molecule has 5 N–H and O–H groups in total. The van der Waals surface area contributed by atoms with E-state index in [2.05, 4.69) is 28.8 Å². The van der Waals surface area contributed by atoms with Crippen LogP contribution in [-0.2, 0) is 25.6 Å². The molecule has 0 aromatic carbocycles. The summed E-state index contributed by atoms with van der Waals surface area (Å²) in [5.41, 5.74) is 9.14. The van der Waals surface area contributed by atoms with Gasteiger partial charge in [0.25, 0.3) is 11.8 Å². The maximum Gasteiger partial charge on any atom is 0.303 e. The molecule has 224 valence electrons. The average Bonchev–Trinajstić information content (AvgIpc) is 3.59. The van der Waals surface area contributed by atoms with Crippen molar-refractivity contribution in [1.82, 2.24) is 15.6 Å². The molecule has 4 rings (SSSR count). The van der Waals surface area contributed by atoms with Crippen LogP contribution < -0.4 is 10.6 Å². The van der Waals surface area contributed by atoms with Crippen molar-refractivity contribution in [2.24, 2.45) is 4.99 Å². The molecule has 0 fully saturated rings. The Hall–Kier alpha value is -4.99. The number of aliphatic carboxylic acids is 2. The van der Waals surface area contributed by atoms with E-state index in [-0.39, 0.29) is 43.5 Å². The molecule has 0 bridgehead atoms. The average molecular weight is 585 g/mol. The predicted molar refractivity (Wildman–Crippen MR) is 165 cm³/mol. The Morgan fingerprint density at radius 3 is 2.14 bits per heavy atom. The minimum Gasteiger partial charge on any atom is -0.481 e. The number of aliphatic imine (C=N–C) groups is 1. The van der Waals surface area contributed by atoms with Gasteiger partial charge in [-0.1, -0.05) is 25.3 Å². The summed E-state index contributed by atoms with van der Waals surface area (Å²) in [5.74, 6) is -2.26. The first kappa shape index (κ1) is 31.0. The second-order valence-electron chi connectivity index (χ2n) is 10.8. The number of aromatic amines is 1. The molecular weight excluding hydrogens is 548 g/mol. The molecule has 1 aromatic heterocycles. The van der Waals surface area contributed by atoms with Crippen LogP contribution in [0.15, 0.2) is 75.1 Å². The number of nitrogens with one attached hydrogen (secondary N) is 3. The molecule has 0 spiro atoms. The molecule has 3 aliphatic rings. The van der Waals surface area contributed by atoms with Crippen molar-refractivity contribution in [3.05, 3.63) is 92.7 Å². The molecule has 0 aliphatic carbocycles. The van der Waals surface area contributed by atoms with Crippen LogP contribution in [0.4, 0.5) is 0 Å². The fourth-order valence-corrected chi connectivity index (χ4v) is 5.66. The lowest BCUT2D eigenvalue weighted by molar-refractivity contribution is -0.138. The lowest BCUT2D eigenvalue weighted by atomic mass is 9.95. The SMILES string of the molecule is C=CC1=C(C)C(CC2=N/C(=C\c3[nH]c(/C=C4\NC(=O)C(C)=C4C=C)c(C)c3CCC(=O)O)C(CCC(=O)O)=C2C)NC1=O. The van der Waals surface area contributed by atoms with Crippen molar-refractivity contribution in [3.63, 3.8) is 0 Å². The number of rotatable bonds is 12. The Balaban J connectivity index is 1.80. The molecule has 1 aromatic rings. The number of amides is 2. The molecule has 10 nitrogen and oxygen atoms in total. The van der Waals surface area contributed by atoms with Crippen LogP contribution in [0, 0.1) is 6.92 Å². The number of H-pyrrole nitrogens is 1. The van der Waals surface area contributed by atoms with E-state index < -0.39 is 11.9 Å². The topological polar surface area (TPSA) is 161 Å². The number of carboxylic acid groups (broad SMARTS) is 2. The van der Waals surface area contributed by atoms with E-state index in [9.17, 15) is 29.4 Å². The van der Waals surface area contributed by atoms with E-state index in [0.717, 1.165) is 33.6 Å². The van der Waals surface area contributed by atoms with Crippen LogP contribution in [0.25, 0.3) is 12.2 Å². The largest absolute Gasteiger partial charge is 0.481 e. The van der Waals surface area contributed by atoms with Gasteiger partial charge in [-0.25, -0.2) is 0 Å². The Bertz CT molecular complexity index is 1660. The van der Waals surface area contributed by atoms with Crippen molar-refractivity contribution in [3.8, 4) is 0 Å². The molecule has 4 heterocycles. The number of hydrogen-bond donors (Lipinski definition) is 5. The van der Waals surface area contributed by atoms with E-state index in [1.165, 1.54) is 0 Å². The van der Waals surface area contributed by atoms with Gasteiger partial charge in [-0.2, -0.15) is 0 Å². The van der Waals surface area contributed by atoms with Gasteiger partial charge >= 0.3 is 11.9 Å². The van der Waals surface area contributed by atoms with E-state index in [4.69, 9.17) is 4.99 Å². The first-order valence-corrected chi connectivity index (χ1v) is 14.0. The number of carbonyl (C=O) groups excluding carboxylic acids is 2. The summed E-state index contributed by atoms with van der Waals surface area (Å²) in [7, 11) is 0. The zero-order valence-corrected chi connectivity index (χ0v) is 24.8. The minimum absolute atomic E-state index is 0.0881. The summed E-state index contributed by atoms with van der Waals surface area (Å²) in [6.07, 6.45) is 7.54. The molecular formula is C33H36N4O6. The summed E-state index contributed by atoms with van der Waals surface area (Å²) in [6, 6.07) is -0.261. The van der Waals surface area contributed by atoms with Crippen molar-refractivity contribution < 1.29 is 29.4 Å². The van der Waals surface area contributed by atoms with Gasteiger partial charge in [-0.3, -0.25) is 24.2 Å². The zero-order chi connectivity index (χ0) is 31.6. The van der Waals surface area contributed by atoms with Crippen LogP contribution in [-0.4, -0.2) is 50.7 Å². The van der Waals surface area contributed by atoms with Gasteiger partial charge in [-0.15, -0.1) is 0 Å². The van der Waals surface area contributed by atoms with Gasteiger partial charge in [0.2, 0.25) is 0 Å². The molecule has 1 atom stereocenters. The highest BCUT2D eigenvalue weighted by Gasteiger charge is 2.31. The molecule has 0 radical (unpaired) electrons. The number of carboxylic acids is 2. The van der Waals surface area contributed by atoms with Gasteiger partial charge in [0.15, 0.2) is 0 Å². The van der Waals surface area contributed by atoms with Crippen molar-refractivity contribution in [1.29, 1.82) is 0 Å². The lowest BCUT2D eigenvalue weighted by Gasteiger charge is -2.13. The number of nitrogens with zero attached hydrogens (tertiary/aromatic N) is 1. The highest BCUT2D eigenvalue weighted by atomic mass is 16.4. The Kier molecular flexibility index (Phi) is 8.99. The molecule has 1 unspecified atom stereocenters. The number of hydrogen-bond acceptors (Lipinski definition) is 5. The second kappa shape index (κ2) is 12.5. The second-order valence-corrected chi connectivity index (χ2v) is 10.8. The van der Waals surface area contributed by atoms with Crippen LogP contribution in [0.1, 0.15) is 69.0 Å². The van der Waals surface area contributed by atoms with Gasteiger partial charge in [0.1, 0.15) is 0 Å². The Morgan fingerprint density at radius 2 is 1.53 bits per heavy atom. The van der Waals surface area contributed by atoms with E-state index >= 15 is 0 Å². The lowest BCUT2D eigenvalue weighted by Crippen LogP contribution is -2.30. The fraction of sp³-hybridized carbons (Fsp3) is 0.303. The predicted octanol–water partition coefficient (Wildman–Crippen LogP) is 4.68. The highest BCUT2D eigenvalue weighted by Crippen LogP contribution is 2.35. The van der Waals surface area contributed by atoms with Crippen molar-refractivity contribution in [2.45, 2.75) is 65.8 Å². The van der Waals surface area contributed by atoms with Crippen LogP contribution in [0.2, 0.25) is 0 Å². The van der Waals surface area contributed by atoms with Crippen LogP contribution in [0.5, 0.6) is 0 Å². The third-order valence-corrected chi connectivity index (χ3v) is 8.23. The minimum atomic E-state index is -0.936. The summed E-state index contributed by atoms with van der Waals surface area (Å²) in [6.45, 7) is 14.9. The molecule has 0 saturated heterocycles. The highest BCUT2D eigenvalue weighted by molar-refractivity contribution is 6.07. The molecule has 10 heteroatoms. The standard InChI is InChI=1S/C33H36N4O6/c1-7-20-19(6)32(42)37-27(20)14-25-18(5)23(10-12-31(40)41)29(35-25)15-28-22(9-11-30(38)39)17(4)24(34-28)13-26-16(3)21(8-2)33(43)36-26/h7-8,14-15,26,35H,1-2,9-13H2,3-6H3,(H,36,43)(H,37,42)(H,38,39)(H,40,41)/b27-14-,28-15-. The normalized spacial score (nSPS) is 20.4. The quantitative estimate of drug-likeness (QED) is 0.240. The summed E-state index contributed by atoms with van der Waals surface area (Å²) in [4.78, 5) is 55.9. The summed E-state index contributed by atoms with van der Waals surface area (Å²) >= 11 is 0. The molecule has 3 aliphatic heterocycles. The number of aromatic nitrogens is 1. The van der Waals surface area contributed by atoms with Crippen LogP contribution in [0.3, 0.4) is 0 Å². The smallest absolute Gasteiger partial charge is 0.303 e. The number of allylic oxidation sites excluding steroid dienone is 3. The molecule has 0 saturated carbocycles. The van der Waals surface area contributed by atoms with E-state index in [0.29, 0.717) is 45.9 Å². The molecule has 2 amide bonds. The third-order valence-electron chi connectivity index (χ3n) is 8.23. The first-order valence-electron chi connectivity index (χ1n) is 14.0. The fourth-order valence-electron chi connectivity index (χ4n) is 5.66. The summed E-state index contributed by atoms with van der Waals surface area (Å²) in [5, 5.41) is 24.7. The maximum atomic E-state index is 12.4.